The Morgan fingerprint density at radius 3 is 1.85 bits per heavy atom. The zero-order valence-corrected chi connectivity index (χ0v) is 17.1. The Morgan fingerprint density at radius 1 is 0.615 bits per heavy atom. The Hall–Kier alpha value is -1.32. The molecule has 0 saturated carbocycles. The van der Waals surface area contributed by atoms with E-state index in [9.17, 15) is 9.59 Å². The summed E-state index contributed by atoms with van der Waals surface area (Å²) in [7, 11) is 0. The molecule has 0 N–H and O–H groups in total. The molecule has 26 heavy (non-hydrogen) atoms. The Bertz CT molecular complexity index is 363. The van der Waals surface area contributed by atoms with Crippen LogP contribution >= 0.6 is 0 Å². The van der Waals surface area contributed by atoms with E-state index in [1.165, 1.54) is 44.9 Å². The van der Waals surface area contributed by atoms with Crippen LogP contribution in [0.1, 0.15) is 104 Å². The normalized spacial score (nSPS) is 11.0. The van der Waals surface area contributed by atoms with Crippen molar-refractivity contribution < 1.29 is 19.1 Å². The Kier molecular flexibility index (Phi) is 19.0. The zero-order chi connectivity index (χ0) is 19.3. The van der Waals surface area contributed by atoms with E-state index in [2.05, 4.69) is 26.0 Å². The molecule has 0 radical (unpaired) electrons. The zero-order valence-electron chi connectivity index (χ0n) is 17.1. The Balaban J connectivity index is 3.39. The van der Waals surface area contributed by atoms with Crippen LogP contribution in [-0.2, 0) is 19.1 Å². The van der Waals surface area contributed by atoms with Gasteiger partial charge in [-0.3, -0.25) is 9.59 Å². The van der Waals surface area contributed by atoms with Gasteiger partial charge in [0.1, 0.15) is 0 Å². The standard InChI is InChI=1S/C22H40O4/c1-3-5-7-9-11-13-15-20-26-22(24)18-16-17-21(23)25-19-14-12-10-8-6-4-2/h11,13H,3-10,12,14-20H2,1-2H3/b13-11-. The second-order valence-electron chi connectivity index (χ2n) is 6.82. The molecule has 152 valence electrons. The summed E-state index contributed by atoms with van der Waals surface area (Å²) < 4.78 is 10.3. The summed E-state index contributed by atoms with van der Waals surface area (Å²) in [6.45, 7) is 5.31. The van der Waals surface area contributed by atoms with Crippen molar-refractivity contribution in [3.05, 3.63) is 12.2 Å². The van der Waals surface area contributed by atoms with Crippen molar-refractivity contribution in [3.8, 4) is 0 Å². The number of esters is 2. The van der Waals surface area contributed by atoms with E-state index in [0.717, 1.165) is 25.7 Å². The Labute approximate surface area is 160 Å². The van der Waals surface area contributed by atoms with Gasteiger partial charge < -0.3 is 9.47 Å². The third-order valence-corrected chi connectivity index (χ3v) is 4.21. The molecule has 0 amide bonds. The van der Waals surface area contributed by atoms with Crippen molar-refractivity contribution in [2.45, 2.75) is 104 Å². The molecule has 0 heterocycles. The van der Waals surface area contributed by atoms with Crippen LogP contribution in [0.3, 0.4) is 0 Å². The molecular weight excluding hydrogens is 328 g/mol. The lowest BCUT2D eigenvalue weighted by atomic mass is 10.1. The van der Waals surface area contributed by atoms with E-state index in [0.29, 0.717) is 26.1 Å². The van der Waals surface area contributed by atoms with Crippen LogP contribution in [0, 0.1) is 0 Å². The van der Waals surface area contributed by atoms with E-state index in [1.54, 1.807) is 0 Å². The number of carbonyl (C=O) groups is 2. The van der Waals surface area contributed by atoms with Gasteiger partial charge in [0.15, 0.2) is 0 Å². The Morgan fingerprint density at radius 2 is 1.15 bits per heavy atom. The predicted molar refractivity (Wildman–Crippen MR) is 107 cm³/mol. The summed E-state index contributed by atoms with van der Waals surface area (Å²) in [5.41, 5.74) is 0. The van der Waals surface area contributed by atoms with Gasteiger partial charge in [-0.25, -0.2) is 0 Å². The third kappa shape index (κ3) is 19.0. The maximum absolute atomic E-state index is 11.6. The quantitative estimate of drug-likeness (QED) is 0.166. The van der Waals surface area contributed by atoms with Gasteiger partial charge in [0.2, 0.25) is 0 Å². The molecule has 0 aliphatic heterocycles. The topological polar surface area (TPSA) is 52.6 Å². The molecular formula is C22H40O4. The average molecular weight is 369 g/mol. The highest BCUT2D eigenvalue weighted by molar-refractivity contribution is 5.72. The third-order valence-electron chi connectivity index (χ3n) is 4.21. The van der Waals surface area contributed by atoms with Crippen LogP contribution in [0.4, 0.5) is 0 Å². The lowest BCUT2D eigenvalue weighted by Crippen LogP contribution is -2.09. The van der Waals surface area contributed by atoms with Crippen molar-refractivity contribution in [2.24, 2.45) is 0 Å². The van der Waals surface area contributed by atoms with E-state index in [-0.39, 0.29) is 18.4 Å². The summed E-state index contributed by atoms with van der Waals surface area (Å²) in [5.74, 6) is -0.436. The first-order chi connectivity index (χ1) is 12.7. The van der Waals surface area contributed by atoms with E-state index >= 15 is 0 Å². The number of rotatable bonds is 18. The largest absolute Gasteiger partial charge is 0.466 e. The number of hydrogen-bond acceptors (Lipinski definition) is 4. The van der Waals surface area contributed by atoms with Crippen LogP contribution in [0.25, 0.3) is 0 Å². The fraction of sp³-hybridized carbons (Fsp3) is 0.818. The second-order valence-corrected chi connectivity index (χ2v) is 6.82. The van der Waals surface area contributed by atoms with Gasteiger partial charge in [-0.15, -0.1) is 0 Å². The van der Waals surface area contributed by atoms with Crippen molar-refractivity contribution in [1.29, 1.82) is 0 Å². The van der Waals surface area contributed by atoms with Crippen LogP contribution in [-0.4, -0.2) is 25.2 Å². The first-order valence-electron chi connectivity index (χ1n) is 10.7. The SMILES string of the molecule is CCCCC/C=C\CCOC(=O)CCCC(=O)OCCCCCCCC. The molecule has 4 nitrogen and oxygen atoms in total. The number of carbonyl (C=O) groups excluding carboxylic acids is 2. The number of unbranched alkanes of at least 4 members (excludes halogenated alkanes) is 8. The fourth-order valence-electron chi connectivity index (χ4n) is 2.58. The number of allylic oxidation sites excluding steroid dienone is 1. The molecule has 0 fully saturated rings. The lowest BCUT2D eigenvalue weighted by Gasteiger charge is -2.05. The number of ether oxygens (including phenoxy) is 2. The van der Waals surface area contributed by atoms with Crippen molar-refractivity contribution in [2.75, 3.05) is 13.2 Å². The highest BCUT2D eigenvalue weighted by atomic mass is 16.5. The van der Waals surface area contributed by atoms with Gasteiger partial charge in [0, 0.05) is 12.8 Å². The van der Waals surface area contributed by atoms with Crippen LogP contribution in [0.5, 0.6) is 0 Å². The van der Waals surface area contributed by atoms with Crippen molar-refractivity contribution in [3.63, 3.8) is 0 Å². The molecule has 0 saturated heterocycles. The maximum Gasteiger partial charge on any atom is 0.305 e. The highest BCUT2D eigenvalue weighted by Gasteiger charge is 2.07. The predicted octanol–water partition coefficient (Wildman–Crippen LogP) is 6.13. The van der Waals surface area contributed by atoms with Gasteiger partial charge in [0.25, 0.3) is 0 Å². The minimum absolute atomic E-state index is 0.207. The van der Waals surface area contributed by atoms with Crippen LogP contribution in [0.2, 0.25) is 0 Å². The molecule has 0 atom stereocenters. The van der Waals surface area contributed by atoms with E-state index in [4.69, 9.17) is 9.47 Å². The molecule has 0 aromatic heterocycles. The molecule has 0 aliphatic rings. The second kappa shape index (κ2) is 20.0. The van der Waals surface area contributed by atoms with Crippen LogP contribution in [0.15, 0.2) is 12.2 Å². The lowest BCUT2D eigenvalue weighted by molar-refractivity contribution is -0.145. The molecule has 0 rings (SSSR count). The average Bonchev–Trinajstić information content (AvgIpc) is 2.63. The number of hydrogen-bond donors (Lipinski definition) is 0. The maximum atomic E-state index is 11.6. The minimum atomic E-state index is -0.229. The summed E-state index contributed by atoms with van der Waals surface area (Å²) in [4.78, 5) is 23.2. The molecule has 0 bridgehead atoms. The smallest absolute Gasteiger partial charge is 0.305 e. The molecule has 0 aromatic rings. The molecule has 4 heteroatoms. The van der Waals surface area contributed by atoms with Crippen molar-refractivity contribution >= 4 is 11.9 Å². The molecule has 0 aromatic carbocycles. The summed E-state index contributed by atoms with van der Waals surface area (Å²) in [5, 5.41) is 0. The molecule has 0 spiro atoms. The van der Waals surface area contributed by atoms with Gasteiger partial charge >= 0.3 is 11.9 Å². The fourth-order valence-corrected chi connectivity index (χ4v) is 2.58. The monoisotopic (exact) mass is 368 g/mol. The molecule has 0 aliphatic carbocycles. The van der Waals surface area contributed by atoms with Crippen molar-refractivity contribution in [1.82, 2.24) is 0 Å². The summed E-state index contributed by atoms with van der Waals surface area (Å²) >= 11 is 0. The first kappa shape index (κ1) is 24.7. The van der Waals surface area contributed by atoms with Gasteiger partial charge in [-0.05, 0) is 32.1 Å². The van der Waals surface area contributed by atoms with Crippen LogP contribution < -0.4 is 0 Å². The molecule has 0 unspecified atom stereocenters. The van der Waals surface area contributed by atoms with Gasteiger partial charge in [0.05, 0.1) is 13.2 Å². The summed E-state index contributed by atoms with van der Waals surface area (Å²) in [6.07, 6.45) is 17.9. The van der Waals surface area contributed by atoms with E-state index < -0.39 is 0 Å². The highest BCUT2D eigenvalue weighted by Crippen LogP contribution is 2.06. The first-order valence-corrected chi connectivity index (χ1v) is 10.7. The summed E-state index contributed by atoms with van der Waals surface area (Å²) in [6, 6.07) is 0. The van der Waals surface area contributed by atoms with Gasteiger partial charge in [-0.1, -0.05) is 70.9 Å². The van der Waals surface area contributed by atoms with Gasteiger partial charge in [-0.2, -0.15) is 0 Å². The van der Waals surface area contributed by atoms with E-state index in [1.807, 2.05) is 0 Å². The minimum Gasteiger partial charge on any atom is -0.466 e.